The van der Waals surface area contributed by atoms with Gasteiger partial charge in [0.15, 0.2) is 17.7 Å². The molecule has 1 aliphatic carbocycles. The number of anilines is 1. The van der Waals surface area contributed by atoms with Crippen LogP contribution in [0.3, 0.4) is 0 Å². The average Bonchev–Trinajstić information content (AvgIpc) is 3.38. The summed E-state index contributed by atoms with van der Waals surface area (Å²) in [7, 11) is 0. The van der Waals surface area contributed by atoms with Gasteiger partial charge in [-0.2, -0.15) is 0 Å². The third-order valence-corrected chi connectivity index (χ3v) is 6.54. The molecule has 0 radical (unpaired) electrons. The lowest BCUT2D eigenvalue weighted by Gasteiger charge is -2.18. The molecule has 8 heteroatoms. The van der Waals surface area contributed by atoms with Crippen LogP contribution in [-0.4, -0.2) is 22.9 Å². The number of amides is 2. The SMILES string of the molecule is CC[C@H](Oc1ccccc1F)C(=O)Nc1sc2c(c1C(=O)NCc1cccnc1)CCC2. The van der Waals surface area contributed by atoms with Crippen molar-refractivity contribution in [1.82, 2.24) is 10.3 Å². The lowest BCUT2D eigenvalue weighted by atomic mass is 10.1. The number of pyridine rings is 1. The molecule has 0 saturated heterocycles. The fraction of sp³-hybridized carbons (Fsp3) is 0.292. The van der Waals surface area contributed by atoms with Gasteiger partial charge in [0.2, 0.25) is 0 Å². The summed E-state index contributed by atoms with van der Waals surface area (Å²) in [4.78, 5) is 31.2. The van der Waals surface area contributed by atoms with Gasteiger partial charge in [-0.1, -0.05) is 25.1 Å². The van der Waals surface area contributed by atoms with E-state index in [2.05, 4.69) is 15.6 Å². The molecule has 1 aromatic carbocycles. The van der Waals surface area contributed by atoms with Gasteiger partial charge >= 0.3 is 0 Å². The number of nitrogens with one attached hydrogen (secondary N) is 2. The lowest BCUT2D eigenvalue weighted by Crippen LogP contribution is -2.33. The van der Waals surface area contributed by atoms with Gasteiger partial charge in [-0.3, -0.25) is 14.6 Å². The summed E-state index contributed by atoms with van der Waals surface area (Å²) in [5.41, 5.74) is 2.40. The molecule has 3 aromatic rings. The van der Waals surface area contributed by atoms with Gasteiger partial charge < -0.3 is 15.4 Å². The zero-order valence-corrected chi connectivity index (χ0v) is 18.5. The van der Waals surface area contributed by atoms with Gasteiger partial charge in [0, 0.05) is 23.8 Å². The molecule has 0 spiro atoms. The molecule has 0 fully saturated rings. The molecule has 1 aliphatic rings. The van der Waals surface area contributed by atoms with Crippen molar-refractivity contribution < 1.29 is 18.7 Å². The second-order valence-corrected chi connectivity index (χ2v) is 8.65. The molecule has 166 valence electrons. The van der Waals surface area contributed by atoms with Crippen molar-refractivity contribution in [2.24, 2.45) is 0 Å². The number of para-hydroxylation sites is 1. The molecule has 2 heterocycles. The number of aromatic nitrogens is 1. The first-order chi connectivity index (χ1) is 15.6. The van der Waals surface area contributed by atoms with Crippen molar-refractivity contribution >= 4 is 28.2 Å². The number of hydrogen-bond donors (Lipinski definition) is 2. The van der Waals surface area contributed by atoms with E-state index in [0.717, 1.165) is 35.3 Å². The van der Waals surface area contributed by atoms with Crippen LogP contribution in [0.25, 0.3) is 0 Å². The van der Waals surface area contributed by atoms with Crippen molar-refractivity contribution in [3.63, 3.8) is 0 Å². The van der Waals surface area contributed by atoms with Crippen LogP contribution >= 0.6 is 11.3 Å². The molecule has 0 aliphatic heterocycles. The van der Waals surface area contributed by atoms with Crippen LogP contribution in [0.15, 0.2) is 48.8 Å². The minimum atomic E-state index is -0.879. The Labute approximate surface area is 189 Å². The number of halogens is 1. The molecule has 6 nitrogen and oxygen atoms in total. The second kappa shape index (κ2) is 9.91. The number of ether oxygens (including phenoxy) is 1. The van der Waals surface area contributed by atoms with E-state index in [1.165, 1.54) is 23.5 Å². The number of thiophene rings is 1. The monoisotopic (exact) mass is 453 g/mol. The zero-order valence-electron chi connectivity index (χ0n) is 17.7. The summed E-state index contributed by atoms with van der Waals surface area (Å²) in [6.45, 7) is 2.14. The minimum Gasteiger partial charge on any atom is -0.478 e. The summed E-state index contributed by atoms with van der Waals surface area (Å²) in [5.74, 6) is -1.13. The van der Waals surface area contributed by atoms with Crippen molar-refractivity contribution in [3.05, 3.63) is 76.2 Å². The van der Waals surface area contributed by atoms with Crippen LogP contribution in [0.2, 0.25) is 0 Å². The molecule has 32 heavy (non-hydrogen) atoms. The fourth-order valence-corrected chi connectivity index (χ4v) is 5.00. The number of aryl methyl sites for hydroxylation is 1. The highest BCUT2D eigenvalue weighted by Gasteiger charge is 2.29. The molecule has 1 atom stereocenters. The number of hydrogen-bond acceptors (Lipinski definition) is 5. The predicted octanol–water partition coefficient (Wildman–Crippen LogP) is 4.50. The number of carbonyl (C=O) groups is 2. The molecule has 4 rings (SSSR count). The van der Waals surface area contributed by atoms with Crippen molar-refractivity contribution in [3.8, 4) is 5.75 Å². The average molecular weight is 454 g/mol. The molecular formula is C24H24FN3O3S. The van der Waals surface area contributed by atoms with Crippen LogP contribution in [0.4, 0.5) is 9.39 Å². The van der Waals surface area contributed by atoms with E-state index in [4.69, 9.17) is 4.74 Å². The van der Waals surface area contributed by atoms with Crippen LogP contribution in [0, 0.1) is 5.82 Å². The van der Waals surface area contributed by atoms with Crippen molar-refractivity contribution in [2.75, 3.05) is 5.32 Å². The molecule has 0 bridgehead atoms. The van der Waals surface area contributed by atoms with E-state index in [-0.39, 0.29) is 11.7 Å². The van der Waals surface area contributed by atoms with Crippen LogP contribution in [0.5, 0.6) is 5.75 Å². The van der Waals surface area contributed by atoms with Gasteiger partial charge in [0.25, 0.3) is 11.8 Å². The summed E-state index contributed by atoms with van der Waals surface area (Å²) in [6, 6.07) is 9.69. The maximum Gasteiger partial charge on any atom is 0.266 e. The number of nitrogens with zero attached hydrogens (tertiary/aromatic N) is 1. The maximum absolute atomic E-state index is 14.0. The quantitative estimate of drug-likeness (QED) is 0.526. The van der Waals surface area contributed by atoms with E-state index < -0.39 is 17.8 Å². The molecule has 2 N–H and O–H groups in total. The Morgan fingerprint density at radius 3 is 2.81 bits per heavy atom. The molecule has 0 saturated carbocycles. The number of benzene rings is 1. The largest absolute Gasteiger partial charge is 0.478 e. The smallest absolute Gasteiger partial charge is 0.266 e. The van der Waals surface area contributed by atoms with Crippen molar-refractivity contribution in [2.45, 2.75) is 45.3 Å². The second-order valence-electron chi connectivity index (χ2n) is 7.54. The van der Waals surface area contributed by atoms with Crippen LogP contribution < -0.4 is 15.4 Å². The summed E-state index contributed by atoms with van der Waals surface area (Å²) in [6.07, 6.45) is 5.54. The van der Waals surface area contributed by atoms with E-state index in [1.54, 1.807) is 31.5 Å². The van der Waals surface area contributed by atoms with E-state index in [0.29, 0.717) is 23.5 Å². The number of carbonyl (C=O) groups excluding carboxylic acids is 2. The first kappa shape index (κ1) is 22.0. The first-order valence-electron chi connectivity index (χ1n) is 10.6. The molecule has 2 amide bonds. The highest BCUT2D eigenvalue weighted by molar-refractivity contribution is 7.17. The standard InChI is InChI=1S/C24H24FN3O3S/c1-2-18(31-19-10-4-3-9-17(19)25)22(29)28-24-21(16-8-5-11-20(16)32-24)23(30)27-14-15-7-6-12-26-13-15/h3-4,6-7,9-10,12-13,18H,2,5,8,11,14H2,1H3,(H,27,30)(H,28,29)/t18-/m0/s1. The van der Waals surface area contributed by atoms with E-state index >= 15 is 0 Å². The van der Waals surface area contributed by atoms with Crippen LogP contribution in [-0.2, 0) is 24.2 Å². The Kier molecular flexibility index (Phi) is 6.80. The van der Waals surface area contributed by atoms with Crippen LogP contribution in [0.1, 0.15) is 46.1 Å². The number of fused-ring (bicyclic) bond motifs is 1. The third-order valence-electron chi connectivity index (χ3n) is 5.33. The van der Waals surface area contributed by atoms with Gasteiger partial charge in [0.1, 0.15) is 5.00 Å². The molecular weight excluding hydrogens is 429 g/mol. The Morgan fingerprint density at radius 1 is 1.22 bits per heavy atom. The topological polar surface area (TPSA) is 80.3 Å². The summed E-state index contributed by atoms with van der Waals surface area (Å²) < 4.78 is 19.6. The number of rotatable bonds is 8. The molecule has 0 unspecified atom stereocenters. The Hall–Kier alpha value is -3.26. The summed E-state index contributed by atoms with van der Waals surface area (Å²) in [5, 5.41) is 6.31. The Balaban J connectivity index is 1.51. The fourth-order valence-electron chi connectivity index (χ4n) is 3.71. The molecule has 2 aromatic heterocycles. The maximum atomic E-state index is 14.0. The normalized spacial score (nSPS) is 13.3. The highest BCUT2D eigenvalue weighted by atomic mass is 32.1. The van der Waals surface area contributed by atoms with Gasteiger partial charge in [-0.15, -0.1) is 11.3 Å². The van der Waals surface area contributed by atoms with E-state index in [9.17, 15) is 14.0 Å². The first-order valence-corrected chi connectivity index (χ1v) is 11.4. The summed E-state index contributed by atoms with van der Waals surface area (Å²) >= 11 is 1.43. The Morgan fingerprint density at radius 2 is 2.06 bits per heavy atom. The van der Waals surface area contributed by atoms with Crippen molar-refractivity contribution in [1.29, 1.82) is 0 Å². The van der Waals surface area contributed by atoms with Gasteiger partial charge in [-0.05, 0) is 55.0 Å². The lowest BCUT2D eigenvalue weighted by molar-refractivity contribution is -0.122. The predicted molar refractivity (Wildman–Crippen MR) is 121 cm³/mol. The van der Waals surface area contributed by atoms with Gasteiger partial charge in [-0.25, -0.2) is 4.39 Å². The van der Waals surface area contributed by atoms with Gasteiger partial charge in [0.05, 0.1) is 5.56 Å². The minimum absolute atomic E-state index is 0.0256. The van der Waals surface area contributed by atoms with E-state index in [1.807, 2.05) is 12.1 Å². The Bertz CT molecular complexity index is 1120. The zero-order chi connectivity index (χ0) is 22.5. The highest BCUT2D eigenvalue weighted by Crippen LogP contribution is 2.39. The third kappa shape index (κ3) is 4.80.